The number of nitrogens with one attached hydrogen (secondary N) is 1. The van der Waals surface area contributed by atoms with Gasteiger partial charge in [0.05, 0.1) is 27.5 Å². The monoisotopic (exact) mass is 296 g/mol. The lowest BCUT2D eigenvalue weighted by Gasteiger charge is -2.15. The van der Waals surface area contributed by atoms with Gasteiger partial charge < -0.3 is 14.8 Å². The van der Waals surface area contributed by atoms with E-state index >= 15 is 0 Å². The summed E-state index contributed by atoms with van der Waals surface area (Å²) in [7, 11) is 0. The summed E-state index contributed by atoms with van der Waals surface area (Å²) < 4.78 is 10.6. The van der Waals surface area contributed by atoms with Crippen molar-refractivity contribution in [1.29, 1.82) is 0 Å². The second-order valence-electron chi connectivity index (χ2n) is 4.34. The van der Waals surface area contributed by atoms with Crippen molar-refractivity contribution in [3.05, 3.63) is 33.2 Å². The number of benzene rings is 1. The second kappa shape index (κ2) is 4.90. The van der Waals surface area contributed by atoms with Gasteiger partial charge in [-0.2, -0.15) is 0 Å². The zero-order chi connectivity index (χ0) is 13.4. The topological polar surface area (TPSA) is 43.4 Å². The number of aromatic nitrogens is 1. The van der Waals surface area contributed by atoms with Gasteiger partial charge in [-0.15, -0.1) is 11.3 Å². The quantitative estimate of drug-likeness (QED) is 0.929. The van der Waals surface area contributed by atoms with Crippen LogP contribution in [0.1, 0.15) is 23.7 Å². The Labute approximate surface area is 120 Å². The minimum absolute atomic E-state index is 0.0859. The molecular weight excluding hydrogens is 284 g/mol. The molecule has 1 unspecified atom stereocenters. The highest BCUT2D eigenvalue weighted by Crippen LogP contribution is 2.40. The number of ether oxygens (including phenoxy) is 2. The minimum atomic E-state index is 0.0859. The summed E-state index contributed by atoms with van der Waals surface area (Å²) in [5.41, 5.74) is 1.83. The van der Waals surface area contributed by atoms with Gasteiger partial charge in [-0.05, 0) is 13.8 Å². The van der Waals surface area contributed by atoms with E-state index in [9.17, 15) is 0 Å². The molecule has 1 atom stereocenters. The van der Waals surface area contributed by atoms with Gasteiger partial charge in [-0.3, -0.25) is 0 Å². The summed E-state index contributed by atoms with van der Waals surface area (Å²) in [5.74, 6) is 1.40. The van der Waals surface area contributed by atoms with Gasteiger partial charge in [0.25, 0.3) is 0 Å². The zero-order valence-corrected chi connectivity index (χ0v) is 12.1. The van der Waals surface area contributed by atoms with Crippen LogP contribution >= 0.6 is 22.9 Å². The maximum atomic E-state index is 6.23. The third-order valence-electron chi connectivity index (χ3n) is 2.91. The predicted molar refractivity (Wildman–Crippen MR) is 76.5 cm³/mol. The van der Waals surface area contributed by atoms with Crippen LogP contribution in [-0.2, 0) is 0 Å². The molecule has 0 radical (unpaired) electrons. The molecule has 1 aromatic heterocycles. The molecule has 1 aromatic carbocycles. The molecule has 2 aromatic rings. The molecule has 0 fully saturated rings. The minimum Gasteiger partial charge on any atom is -0.454 e. The third-order valence-corrected chi connectivity index (χ3v) is 4.02. The fourth-order valence-electron chi connectivity index (χ4n) is 1.91. The Morgan fingerprint density at radius 2 is 2.11 bits per heavy atom. The number of hydrogen-bond donors (Lipinski definition) is 1. The summed E-state index contributed by atoms with van der Waals surface area (Å²) in [6.45, 7) is 4.29. The fourth-order valence-corrected chi connectivity index (χ4v) is 2.83. The van der Waals surface area contributed by atoms with Crippen LogP contribution in [0.15, 0.2) is 17.5 Å². The van der Waals surface area contributed by atoms with E-state index in [1.807, 2.05) is 18.4 Å². The number of fused-ring (bicyclic) bond motifs is 1. The number of thiazole rings is 1. The molecule has 2 heterocycles. The highest BCUT2D eigenvalue weighted by Gasteiger charge is 2.18. The Hall–Kier alpha value is -1.46. The number of rotatable bonds is 3. The number of halogens is 1. The number of hydrogen-bond acceptors (Lipinski definition) is 5. The van der Waals surface area contributed by atoms with Crippen molar-refractivity contribution in [3.63, 3.8) is 0 Å². The molecule has 1 N–H and O–H groups in total. The number of aryl methyl sites for hydroxylation is 1. The Kier molecular flexibility index (Phi) is 3.24. The maximum Gasteiger partial charge on any atom is 0.231 e. The molecule has 1 aliphatic rings. The van der Waals surface area contributed by atoms with Crippen molar-refractivity contribution in [2.45, 2.75) is 19.9 Å². The molecular formula is C13H13ClN2O2S. The van der Waals surface area contributed by atoms with Crippen LogP contribution in [0, 0.1) is 6.92 Å². The SMILES string of the molecule is Cc1nc(C(C)Nc2cc3c(cc2Cl)OCO3)cs1. The van der Waals surface area contributed by atoms with Crippen LogP contribution in [0.4, 0.5) is 5.69 Å². The Balaban J connectivity index is 1.83. The second-order valence-corrected chi connectivity index (χ2v) is 5.81. The summed E-state index contributed by atoms with van der Waals surface area (Å²) in [6.07, 6.45) is 0. The predicted octanol–water partition coefficient (Wildman–Crippen LogP) is 4.01. The molecule has 0 amide bonds. The van der Waals surface area contributed by atoms with Gasteiger partial charge in [0, 0.05) is 17.5 Å². The highest BCUT2D eigenvalue weighted by atomic mass is 35.5. The van der Waals surface area contributed by atoms with E-state index in [0.29, 0.717) is 16.5 Å². The first-order valence-electron chi connectivity index (χ1n) is 5.91. The van der Waals surface area contributed by atoms with Crippen molar-refractivity contribution < 1.29 is 9.47 Å². The number of nitrogens with zero attached hydrogens (tertiary/aromatic N) is 1. The van der Waals surface area contributed by atoms with E-state index in [4.69, 9.17) is 21.1 Å². The zero-order valence-electron chi connectivity index (χ0n) is 10.6. The number of anilines is 1. The molecule has 19 heavy (non-hydrogen) atoms. The Morgan fingerprint density at radius 3 is 2.79 bits per heavy atom. The average Bonchev–Trinajstić information content (AvgIpc) is 2.98. The van der Waals surface area contributed by atoms with Crippen molar-refractivity contribution in [2.75, 3.05) is 12.1 Å². The molecule has 100 valence electrons. The largest absolute Gasteiger partial charge is 0.454 e. The van der Waals surface area contributed by atoms with Crippen molar-refractivity contribution in [3.8, 4) is 11.5 Å². The molecule has 0 aliphatic carbocycles. The van der Waals surface area contributed by atoms with Crippen LogP contribution in [0.5, 0.6) is 11.5 Å². The smallest absolute Gasteiger partial charge is 0.231 e. The fraction of sp³-hybridized carbons (Fsp3) is 0.308. The van der Waals surface area contributed by atoms with Gasteiger partial charge in [-0.1, -0.05) is 11.6 Å². The summed E-state index contributed by atoms with van der Waals surface area (Å²) >= 11 is 7.87. The lowest BCUT2D eigenvalue weighted by molar-refractivity contribution is 0.174. The lowest BCUT2D eigenvalue weighted by atomic mass is 10.2. The van der Waals surface area contributed by atoms with Crippen LogP contribution in [0.2, 0.25) is 5.02 Å². The molecule has 0 saturated carbocycles. The van der Waals surface area contributed by atoms with Gasteiger partial charge >= 0.3 is 0 Å². The Morgan fingerprint density at radius 1 is 1.37 bits per heavy atom. The normalized spacial score (nSPS) is 14.5. The van der Waals surface area contributed by atoms with Crippen LogP contribution < -0.4 is 14.8 Å². The summed E-state index contributed by atoms with van der Waals surface area (Å²) in [4.78, 5) is 4.47. The molecule has 0 spiro atoms. The summed E-state index contributed by atoms with van der Waals surface area (Å²) in [5, 5.41) is 7.07. The van der Waals surface area contributed by atoms with E-state index in [2.05, 4.69) is 17.2 Å². The molecule has 4 nitrogen and oxygen atoms in total. The Bertz CT molecular complexity index is 615. The van der Waals surface area contributed by atoms with Crippen LogP contribution in [-0.4, -0.2) is 11.8 Å². The van der Waals surface area contributed by atoms with Gasteiger partial charge in [0.2, 0.25) is 6.79 Å². The van der Waals surface area contributed by atoms with E-state index < -0.39 is 0 Å². The molecule has 6 heteroatoms. The molecule has 0 saturated heterocycles. The third kappa shape index (κ3) is 2.48. The van der Waals surface area contributed by atoms with Crippen LogP contribution in [0.25, 0.3) is 0 Å². The first kappa shape index (κ1) is 12.6. The van der Waals surface area contributed by atoms with Crippen molar-refractivity contribution in [1.82, 2.24) is 4.98 Å². The van der Waals surface area contributed by atoms with E-state index in [1.54, 1.807) is 17.4 Å². The summed E-state index contributed by atoms with van der Waals surface area (Å²) in [6, 6.07) is 3.72. The first-order valence-corrected chi connectivity index (χ1v) is 7.17. The molecule has 3 rings (SSSR count). The maximum absolute atomic E-state index is 6.23. The van der Waals surface area contributed by atoms with Crippen LogP contribution in [0.3, 0.4) is 0 Å². The van der Waals surface area contributed by atoms with E-state index in [0.717, 1.165) is 16.4 Å². The van der Waals surface area contributed by atoms with E-state index in [-0.39, 0.29) is 12.8 Å². The van der Waals surface area contributed by atoms with Crippen molar-refractivity contribution in [2.24, 2.45) is 0 Å². The first-order chi connectivity index (χ1) is 9.13. The van der Waals surface area contributed by atoms with Gasteiger partial charge in [-0.25, -0.2) is 4.98 Å². The van der Waals surface area contributed by atoms with Gasteiger partial charge in [0.15, 0.2) is 11.5 Å². The molecule has 0 bridgehead atoms. The van der Waals surface area contributed by atoms with Gasteiger partial charge in [0.1, 0.15) is 0 Å². The molecule has 1 aliphatic heterocycles. The van der Waals surface area contributed by atoms with E-state index in [1.165, 1.54) is 0 Å². The highest BCUT2D eigenvalue weighted by molar-refractivity contribution is 7.09. The average molecular weight is 297 g/mol. The standard InChI is InChI=1S/C13H13ClN2O2S/c1-7(11-5-19-8(2)16-11)15-10-4-13-12(3-9(10)14)17-6-18-13/h3-5,7,15H,6H2,1-2H3. The van der Waals surface area contributed by atoms with Crippen molar-refractivity contribution >= 4 is 28.6 Å². The lowest BCUT2D eigenvalue weighted by Crippen LogP contribution is -2.07.